The quantitative estimate of drug-likeness (QED) is 0.807. The van der Waals surface area contributed by atoms with E-state index < -0.39 is 23.4 Å². The summed E-state index contributed by atoms with van der Waals surface area (Å²) in [5.74, 6) is -1.74. The van der Waals surface area contributed by atoms with E-state index in [0.29, 0.717) is 0 Å². The first-order valence-electron chi connectivity index (χ1n) is 8.14. The maximum absolute atomic E-state index is 11.9. The predicted octanol–water partition coefficient (Wildman–Crippen LogP) is 3.59. The van der Waals surface area contributed by atoms with Gasteiger partial charge in [-0.3, -0.25) is 4.79 Å². The number of carbonyl (C=O) groups is 2. The van der Waals surface area contributed by atoms with Gasteiger partial charge >= 0.3 is 12.1 Å². The van der Waals surface area contributed by atoms with Crippen molar-refractivity contribution in [2.45, 2.75) is 25.9 Å². The van der Waals surface area contributed by atoms with Crippen molar-refractivity contribution >= 4 is 12.1 Å². The van der Waals surface area contributed by atoms with E-state index >= 15 is 0 Å². The van der Waals surface area contributed by atoms with E-state index in [1.165, 1.54) is 0 Å². The van der Waals surface area contributed by atoms with Crippen molar-refractivity contribution in [1.29, 1.82) is 0 Å². The molecule has 1 atom stereocenters. The van der Waals surface area contributed by atoms with Gasteiger partial charge in [0.2, 0.25) is 0 Å². The number of alkyl carbamates (subject to hydrolysis) is 1. The standard InChI is InChI=1S/C20H23NO4/c1-20(2,16-11-7-4-8-12-16)17(18(22)23)13-21-19(24)25-14-15-9-5-3-6-10-15/h3-12,17H,13-14H2,1-2H3,(H,21,24)(H,22,23)/t17-/m0/s1. The molecule has 2 rings (SSSR count). The molecule has 0 radical (unpaired) electrons. The second kappa shape index (κ2) is 8.33. The highest BCUT2D eigenvalue weighted by Crippen LogP contribution is 2.31. The zero-order valence-corrected chi connectivity index (χ0v) is 14.4. The Bertz CT molecular complexity index is 698. The molecule has 0 aliphatic rings. The molecule has 0 unspecified atom stereocenters. The van der Waals surface area contributed by atoms with Crippen molar-refractivity contribution < 1.29 is 19.4 Å². The van der Waals surface area contributed by atoms with Gasteiger partial charge in [0.15, 0.2) is 0 Å². The molecule has 0 saturated heterocycles. The van der Waals surface area contributed by atoms with Crippen molar-refractivity contribution in [3.05, 3.63) is 71.8 Å². The van der Waals surface area contributed by atoms with Crippen molar-refractivity contribution in [2.75, 3.05) is 6.54 Å². The van der Waals surface area contributed by atoms with E-state index in [4.69, 9.17) is 4.74 Å². The van der Waals surface area contributed by atoms with Crippen LogP contribution >= 0.6 is 0 Å². The lowest BCUT2D eigenvalue weighted by molar-refractivity contribution is -0.143. The fourth-order valence-electron chi connectivity index (χ4n) is 2.68. The number of rotatable bonds is 7. The molecule has 0 fully saturated rings. The predicted molar refractivity (Wildman–Crippen MR) is 95.2 cm³/mol. The highest BCUT2D eigenvalue weighted by atomic mass is 16.5. The molecule has 0 aromatic heterocycles. The third-order valence-corrected chi connectivity index (χ3v) is 4.35. The van der Waals surface area contributed by atoms with Crippen LogP contribution in [-0.2, 0) is 21.6 Å². The summed E-state index contributed by atoms with van der Waals surface area (Å²) in [5.41, 5.74) is 1.14. The number of ether oxygens (including phenoxy) is 1. The summed E-state index contributed by atoms with van der Waals surface area (Å²) in [6.07, 6.45) is -0.626. The summed E-state index contributed by atoms with van der Waals surface area (Å²) in [7, 11) is 0. The van der Waals surface area contributed by atoms with Crippen LogP contribution in [-0.4, -0.2) is 23.7 Å². The van der Waals surface area contributed by atoms with Crippen molar-refractivity contribution in [2.24, 2.45) is 5.92 Å². The van der Waals surface area contributed by atoms with Gasteiger partial charge in [-0.15, -0.1) is 0 Å². The van der Waals surface area contributed by atoms with Gasteiger partial charge in [-0.2, -0.15) is 0 Å². The molecule has 132 valence electrons. The lowest BCUT2D eigenvalue weighted by Crippen LogP contribution is -2.43. The molecular weight excluding hydrogens is 318 g/mol. The summed E-state index contributed by atoms with van der Waals surface area (Å²) in [6, 6.07) is 18.7. The first kappa shape index (κ1) is 18.5. The number of hydrogen-bond donors (Lipinski definition) is 2. The van der Waals surface area contributed by atoms with Gasteiger partial charge in [-0.1, -0.05) is 74.5 Å². The zero-order valence-electron chi connectivity index (χ0n) is 14.4. The highest BCUT2D eigenvalue weighted by Gasteiger charge is 2.36. The molecule has 2 N–H and O–H groups in total. The Morgan fingerprint density at radius 3 is 2.16 bits per heavy atom. The zero-order chi connectivity index (χ0) is 18.3. The van der Waals surface area contributed by atoms with E-state index in [1.807, 2.05) is 74.5 Å². The van der Waals surface area contributed by atoms with Crippen LogP contribution in [0.1, 0.15) is 25.0 Å². The highest BCUT2D eigenvalue weighted by molar-refractivity contribution is 5.74. The molecule has 0 heterocycles. The Hall–Kier alpha value is -2.82. The van der Waals surface area contributed by atoms with Crippen LogP contribution in [0.2, 0.25) is 0 Å². The number of aliphatic carboxylic acids is 1. The number of benzene rings is 2. The summed E-state index contributed by atoms with van der Waals surface area (Å²) in [6.45, 7) is 3.85. The van der Waals surface area contributed by atoms with E-state index in [-0.39, 0.29) is 13.2 Å². The summed E-state index contributed by atoms with van der Waals surface area (Å²) in [5, 5.41) is 12.2. The monoisotopic (exact) mass is 341 g/mol. The molecule has 5 nitrogen and oxygen atoms in total. The Morgan fingerprint density at radius 1 is 1.04 bits per heavy atom. The average Bonchev–Trinajstić information content (AvgIpc) is 2.61. The van der Waals surface area contributed by atoms with Gasteiger partial charge in [0.05, 0.1) is 5.92 Å². The van der Waals surface area contributed by atoms with Crippen LogP contribution < -0.4 is 5.32 Å². The van der Waals surface area contributed by atoms with Crippen LogP contribution in [0.3, 0.4) is 0 Å². The molecule has 0 aliphatic heterocycles. The largest absolute Gasteiger partial charge is 0.481 e. The maximum atomic E-state index is 11.9. The number of amides is 1. The Kier molecular flexibility index (Phi) is 6.17. The van der Waals surface area contributed by atoms with Crippen LogP contribution in [0.5, 0.6) is 0 Å². The van der Waals surface area contributed by atoms with E-state index in [2.05, 4.69) is 5.32 Å². The fourth-order valence-corrected chi connectivity index (χ4v) is 2.68. The van der Waals surface area contributed by atoms with Gasteiger partial charge in [-0.05, 0) is 11.1 Å². The van der Waals surface area contributed by atoms with E-state index in [0.717, 1.165) is 11.1 Å². The molecule has 1 amide bonds. The normalized spacial score (nSPS) is 12.2. The lowest BCUT2D eigenvalue weighted by atomic mass is 9.73. The van der Waals surface area contributed by atoms with Gasteiger partial charge in [0.25, 0.3) is 0 Å². The Labute approximate surface area is 147 Å². The second-order valence-electron chi connectivity index (χ2n) is 6.42. The van der Waals surface area contributed by atoms with Crippen LogP contribution in [0.15, 0.2) is 60.7 Å². The molecule has 2 aromatic rings. The van der Waals surface area contributed by atoms with E-state index in [9.17, 15) is 14.7 Å². The molecule has 0 spiro atoms. The van der Waals surface area contributed by atoms with Crippen molar-refractivity contribution in [3.63, 3.8) is 0 Å². The smallest absolute Gasteiger partial charge is 0.407 e. The number of hydrogen-bond acceptors (Lipinski definition) is 3. The number of carbonyl (C=O) groups excluding carboxylic acids is 1. The molecule has 2 aromatic carbocycles. The van der Waals surface area contributed by atoms with Crippen LogP contribution in [0.4, 0.5) is 4.79 Å². The van der Waals surface area contributed by atoms with Crippen LogP contribution in [0, 0.1) is 5.92 Å². The maximum Gasteiger partial charge on any atom is 0.407 e. The van der Waals surface area contributed by atoms with Gasteiger partial charge in [0.1, 0.15) is 6.61 Å². The Balaban J connectivity index is 1.95. The third-order valence-electron chi connectivity index (χ3n) is 4.35. The van der Waals surface area contributed by atoms with Gasteiger partial charge in [-0.25, -0.2) is 4.79 Å². The summed E-state index contributed by atoms with van der Waals surface area (Å²) >= 11 is 0. The van der Waals surface area contributed by atoms with Crippen molar-refractivity contribution in [1.82, 2.24) is 5.32 Å². The number of nitrogens with one attached hydrogen (secondary N) is 1. The number of carboxylic acids is 1. The van der Waals surface area contributed by atoms with Crippen LogP contribution in [0.25, 0.3) is 0 Å². The average molecular weight is 341 g/mol. The molecule has 0 aliphatic carbocycles. The van der Waals surface area contributed by atoms with Crippen molar-refractivity contribution in [3.8, 4) is 0 Å². The molecule has 0 saturated carbocycles. The minimum atomic E-state index is -0.961. The minimum absolute atomic E-state index is 0.00908. The topological polar surface area (TPSA) is 75.6 Å². The molecule has 5 heteroatoms. The Morgan fingerprint density at radius 2 is 1.60 bits per heavy atom. The second-order valence-corrected chi connectivity index (χ2v) is 6.42. The molecule has 0 bridgehead atoms. The summed E-state index contributed by atoms with van der Waals surface area (Å²) in [4.78, 5) is 23.6. The first-order chi connectivity index (χ1) is 11.9. The minimum Gasteiger partial charge on any atom is -0.481 e. The number of carboxylic acid groups (broad SMARTS) is 1. The SMILES string of the molecule is CC(C)(c1ccccc1)[C@@H](CNC(=O)OCc1ccccc1)C(=O)O. The lowest BCUT2D eigenvalue weighted by Gasteiger charge is -2.32. The van der Waals surface area contributed by atoms with Gasteiger partial charge in [0, 0.05) is 12.0 Å². The van der Waals surface area contributed by atoms with E-state index in [1.54, 1.807) is 0 Å². The fraction of sp³-hybridized carbons (Fsp3) is 0.300. The first-order valence-corrected chi connectivity index (χ1v) is 8.14. The molecular formula is C20H23NO4. The molecule has 25 heavy (non-hydrogen) atoms. The summed E-state index contributed by atoms with van der Waals surface area (Å²) < 4.78 is 5.13. The van der Waals surface area contributed by atoms with Gasteiger partial charge < -0.3 is 15.2 Å². The third kappa shape index (κ3) is 5.08.